The van der Waals surface area contributed by atoms with E-state index >= 15 is 0 Å². The summed E-state index contributed by atoms with van der Waals surface area (Å²) in [6, 6.07) is 5.70. The second kappa shape index (κ2) is 8.84. The van der Waals surface area contributed by atoms with Crippen molar-refractivity contribution in [2.75, 3.05) is 13.1 Å². The van der Waals surface area contributed by atoms with Gasteiger partial charge in [-0.25, -0.2) is 4.99 Å². The molecule has 0 spiro atoms. The summed E-state index contributed by atoms with van der Waals surface area (Å²) in [7, 11) is 0. The maximum Gasteiger partial charge on any atom is 0.416 e. The van der Waals surface area contributed by atoms with Crippen LogP contribution in [0.15, 0.2) is 35.6 Å². The van der Waals surface area contributed by atoms with Crippen LogP contribution in [0.4, 0.5) is 13.2 Å². The van der Waals surface area contributed by atoms with E-state index in [9.17, 15) is 13.2 Å². The monoisotopic (exact) mass is 408 g/mol. The van der Waals surface area contributed by atoms with Gasteiger partial charge in [-0.05, 0) is 38.3 Å². The van der Waals surface area contributed by atoms with Crippen molar-refractivity contribution in [2.24, 2.45) is 4.99 Å². The Labute approximate surface area is 168 Å². The maximum absolute atomic E-state index is 13.1. The third-order valence-electron chi connectivity index (χ3n) is 5.47. The molecule has 2 N–H and O–H groups in total. The predicted octanol–water partition coefficient (Wildman–Crippen LogP) is 3.49. The number of hydrogen-bond donors (Lipinski definition) is 2. The SMILES string of the molecule is CCNC(=NCc1nncn1CC)NCC1(c2cccc(C(F)(F)F)c2)CCC1. The first kappa shape index (κ1) is 21.1. The number of nitrogens with one attached hydrogen (secondary N) is 2. The fourth-order valence-electron chi connectivity index (χ4n) is 3.61. The van der Waals surface area contributed by atoms with Crippen molar-refractivity contribution in [3.63, 3.8) is 0 Å². The molecule has 0 bridgehead atoms. The van der Waals surface area contributed by atoms with Crippen LogP contribution in [0.5, 0.6) is 0 Å². The summed E-state index contributed by atoms with van der Waals surface area (Å²) in [5.74, 6) is 1.39. The first-order chi connectivity index (χ1) is 13.9. The highest BCUT2D eigenvalue weighted by Gasteiger charge is 2.40. The van der Waals surface area contributed by atoms with Crippen molar-refractivity contribution in [2.45, 2.75) is 57.8 Å². The van der Waals surface area contributed by atoms with Crippen LogP contribution < -0.4 is 10.6 Å². The molecule has 0 amide bonds. The Hall–Kier alpha value is -2.58. The van der Waals surface area contributed by atoms with E-state index in [-0.39, 0.29) is 5.41 Å². The quantitative estimate of drug-likeness (QED) is 0.544. The Balaban J connectivity index is 1.73. The van der Waals surface area contributed by atoms with Gasteiger partial charge >= 0.3 is 6.18 Å². The molecule has 1 heterocycles. The number of hydrogen-bond acceptors (Lipinski definition) is 3. The van der Waals surface area contributed by atoms with E-state index in [1.165, 1.54) is 12.1 Å². The van der Waals surface area contributed by atoms with Gasteiger partial charge in [0.05, 0.1) is 5.56 Å². The molecule has 6 nitrogen and oxygen atoms in total. The van der Waals surface area contributed by atoms with Crippen LogP contribution in [-0.2, 0) is 24.7 Å². The Morgan fingerprint density at radius 3 is 2.66 bits per heavy atom. The second-order valence-electron chi connectivity index (χ2n) is 7.29. The molecule has 0 aliphatic heterocycles. The minimum Gasteiger partial charge on any atom is -0.357 e. The zero-order chi connectivity index (χ0) is 20.9. The number of guanidine groups is 1. The Morgan fingerprint density at radius 1 is 1.24 bits per heavy atom. The summed E-state index contributed by atoms with van der Waals surface area (Å²) in [6.45, 7) is 6.33. The van der Waals surface area contributed by atoms with Crippen LogP contribution >= 0.6 is 0 Å². The summed E-state index contributed by atoms with van der Waals surface area (Å²) < 4.78 is 41.3. The normalized spacial score (nSPS) is 16.4. The molecule has 0 atom stereocenters. The molecule has 158 valence electrons. The van der Waals surface area contributed by atoms with Crippen LogP contribution in [0.25, 0.3) is 0 Å². The van der Waals surface area contributed by atoms with E-state index in [4.69, 9.17) is 0 Å². The van der Waals surface area contributed by atoms with E-state index in [1.807, 2.05) is 18.4 Å². The summed E-state index contributed by atoms with van der Waals surface area (Å²) >= 11 is 0. The lowest BCUT2D eigenvalue weighted by molar-refractivity contribution is -0.137. The number of halogens is 3. The van der Waals surface area contributed by atoms with E-state index in [0.717, 1.165) is 43.3 Å². The molecule has 9 heteroatoms. The number of nitrogens with zero attached hydrogens (tertiary/aromatic N) is 4. The molecule has 1 aliphatic rings. The maximum atomic E-state index is 13.1. The van der Waals surface area contributed by atoms with Gasteiger partial charge in [-0.15, -0.1) is 10.2 Å². The van der Waals surface area contributed by atoms with Crippen LogP contribution in [0.2, 0.25) is 0 Å². The molecule has 2 aromatic rings. The zero-order valence-electron chi connectivity index (χ0n) is 16.8. The molecule has 1 saturated carbocycles. The molecule has 1 fully saturated rings. The van der Waals surface area contributed by atoms with Crippen molar-refractivity contribution in [1.82, 2.24) is 25.4 Å². The average molecular weight is 408 g/mol. The summed E-state index contributed by atoms with van der Waals surface area (Å²) in [6.07, 6.45) is 0.0448. The van der Waals surface area contributed by atoms with Gasteiger partial charge in [0.2, 0.25) is 0 Å². The van der Waals surface area contributed by atoms with Crippen LogP contribution in [0, 0.1) is 0 Å². The van der Waals surface area contributed by atoms with Crippen molar-refractivity contribution in [1.29, 1.82) is 0 Å². The van der Waals surface area contributed by atoms with Crippen molar-refractivity contribution in [3.8, 4) is 0 Å². The van der Waals surface area contributed by atoms with Crippen LogP contribution in [-0.4, -0.2) is 33.8 Å². The number of alkyl halides is 3. The molecule has 3 rings (SSSR count). The average Bonchev–Trinajstić information content (AvgIpc) is 3.12. The third kappa shape index (κ3) is 4.89. The van der Waals surface area contributed by atoms with Crippen LogP contribution in [0.3, 0.4) is 0 Å². The standard InChI is InChI=1S/C20H27F3N6/c1-3-24-18(25-12-17-28-27-14-29(17)4-2)26-13-19(9-6-10-19)15-7-5-8-16(11-15)20(21,22)23/h5,7-8,11,14H,3-4,6,9-10,12-13H2,1-2H3,(H2,24,25,26). The number of benzene rings is 1. The summed E-state index contributed by atoms with van der Waals surface area (Å²) in [4.78, 5) is 4.57. The number of aliphatic imine (C=N–C) groups is 1. The minimum atomic E-state index is -4.33. The first-order valence-corrected chi connectivity index (χ1v) is 9.94. The van der Waals surface area contributed by atoms with Gasteiger partial charge in [-0.1, -0.05) is 24.6 Å². The van der Waals surface area contributed by atoms with Gasteiger partial charge in [0.25, 0.3) is 0 Å². The molecule has 0 saturated heterocycles. The Bertz CT molecular complexity index is 839. The minimum absolute atomic E-state index is 0.305. The lowest BCUT2D eigenvalue weighted by atomic mass is 9.64. The van der Waals surface area contributed by atoms with Gasteiger partial charge in [-0.2, -0.15) is 13.2 Å². The largest absolute Gasteiger partial charge is 0.416 e. The molecule has 0 unspecified atom stereocenters. The fraction of sp³-hybridized carbons (Fsp3) is 0.550. The number of aryl methyl sites for hydroxylation is 1. The van der Waals surface area contributed by atoms with E-state index in [2.05, 4.69) is 25.8 Å². The van der Waals surface area contributed by atoms with E-state index in [0.29, 0.717) is 25.6 Å². The lowest BCUT2D eigenvalue weighted by Gasteiger charge is -2.43. The molecule has 1 aromatic heterocycles. The Kier molecular flexibility index (Phi) is 6.44. The molecular formula is C20H27F3N6. The highest BCUT2D eigenvalue weighted by molar-refractivity contribution is 5.79. The van der Waals surface area contributed by atoms with E-state index < -0.39 is 11.7 Å². The number of rotatable bonds is 7. The predicted molar refractivity (Wildman–Crippen MR) is 105 cm³/mol. The molecular weight excluding hydrogens is 381 g/mol. The second-order valence-corrected chi connectivity index (χ2v) is 7.29. The highest BCUT2D eigenvalue weighted by atomic mass is 19.4. The summed E-state index contributed by atoms with van der Waals surface area (Å²) in [5, 5.41) is 14.5. The molecule has 0 radical (unpaired) electrons. The Morgan fingerprint density at radius 2 is 2.03 bits per heavy atom. The molecule has 1 aromatic carbocycles. The van der Waals surface area contributed by atoms with Crippen molar-refractivity contribution in [3.05, 3.63) is 47.5 Å². The van der Waals surface area contributed by atoms with Gasteiger partial charge in [0, 0.05) is 25.0 Å². The lowest BCUT2D eigenvalue weighted by Crippen LogP contribution is -2.49. The van der Waals surface area contributed by atoms with Crippen molar-refractivity contribution < 1.29 is 13.2 Å². The molecule has 29 heavy (non-hydrogen) atoms. The highest BCUT2D eigenvalue weighted by Crippen LogP contribution is 2.44. The molecule has 1 aliphatic carbocycles. The zero-order valence-corrected chi connectivity index (χ0v) is 16.8. The van der Waals surface area contributed by atoms with Gasteiger partial charge in [-0.3, -0.25) is 0 Å². The van der Waals surface area contributed by atoms with Gasteiger partial charge < -0.3 is 15.2 Å². The topological polar surface area (TPSA) is 67.1 Å². The van der Waals surface area contributed by atoms with Gasteiger partial charge in [0.1, 0.15) is 12.9 Å². The van der Waals surface area contributed by atoms with Gasteiger partial charge in [0.15, 0.2) is 11.8 Å². The third-order valence-corrected chi connectivity index (χ3v) is 5.47. The van der Waals surface area contributed by atoms with E-state index in [1.54, 1.807) is 12.4 Å². The first-order valence-electron chi connectivity index (χ1n) is 9.94. The summed E-state index contributed by atoms with van der Waals surface area (Å²) in [5.41, 5.74) is -0.172. The fourth-order valence-corrected chi connectivity index (χ4v) is 3.61. The van der Waals surface area contributed by atoms with Crippen molar-refractivity contribution >= 4 is 5.96 Å². The number of aromatic nitrogens is 3. The smallest absolute Gasteiger partial charge is 0.357 e. The van der Waals surface area contributed by atoms with Crippen LogP contribution in [0.1, 0.15) is 50.1 Å².